The fraction of sp³-hybridized carbons (Fsp3) is 0.828. The van der Waals surface area contributed by atoms with Crippen LogP contribution in [-0.4, -0.2) is 37.2 Å². The molecule has 0 heterocycles. The zero-order valence-electron chi connectivity index (χ0n) is 46.8. The van der Waals surface area contributed by atoms with E-state index >= 15 is 0 Å². The van der Waals surface area contributed by atoms with E-state index in [0.29, 0.717) is 19.3 Å². The smallest absolute Gasteiger partial charge is 0.306 e. The van der Waals surface area contributed by atoms with Crippen LogP contribution in [0.3, 0.4) is 0 Å². The topological polar surface area (TPSA) is 78.9 Å². The molecule has 0 saturated carbocycles. The molecule has 0 radical (unpaired) electrons. The Kier molecular flexibility index (Phi) is 56.7. The lowest BCUT2D eigenvalue weighted by molar-refractivity contribution is -0.167. The number of rotatable bonds is 56. The molecule has 70 heavy (non-hydrogen) atoms. The lowest BCUT2D eigenvalue weighted by atomic mass is 10.1. The average molecular weight is 982 g/mol. The van der Waals surface area contributed by atoms with Crippen LogP contribution in [0.4, 0.5) is 0 Å². The van der Waals surface area contributed by atoms with E-state index in [4.69, 9.17) is 14.2 Å². The molecule has 0 N–H and O–H groups in total. The third-order valence-corrected chi connectivity index (χ3v) is 13.5. The fourth-order valence-corrected chi connectivity index (χ4v) is 8.88. The number of hydrogen-bond acceptors (Lipinski definition) is 6. The molecule has 0 amide bonds. The average Bonchev–Trinajstić information content (AvgIpc) is 3.36. The number of unbranched alkanes of at least 4 members (excludes halogenated alkanes) is 37. The Morgan fingerprint density at radius 2 is 0.543 bits per heavy atom. The van der Waals surface area contributed by atoms with Crippen LogP contribution in [0.5, 0.6) is 0 Å². The van der Waals surface area contributed by atoms with Crippen molar-refractivity contribution in [1.82, 2.24) is 0 Å². The Hall–Kier alpha value is -2.63. The second kappa shape index (κ2) is 58.9. The van der Waals surface area contributed by atoms with Crippen LogP contribution in [0.25, 0.3) is 0 Å². The molecule has 408 valence electrons. The first-order valence-electron chi connectivity index (χ1n) is 30.6. The Balaban J connectivity index is 4.26. The van der Waals surface area contributed by atoms with Crippen LogP contribution in [0.1, 0.15) is 323 Å². The molecular weight excluding hydrogens is 865 g/mol. The third-order valence-electron chi connectivity index (χ3n) is 13.5. The molecule has 0 aromatic carbocycles. The predicted octanol–water partition coefficient (Wildman–Crippen LogP) is 20.6. The number of esters is 3. The van der Waals surface area contributed by atoms with Crippen molar-refractivity contribution in [3.8, 4) is 0 Å². The minimum atomic E-state index is -0.778. The van der Waals surface area contributed by atoms with E-state index in [2.05, 4.69) is 69.4 Å². The molecule has 0 aromatic rings. The van der Waals surface area contributed by atoms with E-state index in [-0.39, 0.29) is 31.1 Å². The molecule has 6 nitrogen and oxygen atoms in total. The van der Waals surface area contributed by atoms with Crippen LogP contribution in [0.15, 0.2) is 48.6 Å². The zero-order valence-corrected chi connectivity index (χ0v) is 46.8. The van der Waals surface area contributed by atoms with Crippen molar-refractivity contribution in [2.45, 2.75) is 329 Å². The Labute approximate surface area is 435 Å². The molecule has 0 rings (SSSR count). The van der Waals surface area contributed by atoms with Gasteiger partial charge >= 0.3 is 17.9 Å². The maximum absolute atomic E-state index is 12.9. The Bertz CT molecular complexity index is 1220. The number of allylic oxidation sites excluding steroid dienone is 8. The summed E-state index contributed by atoms with van der Waals surface area (Å²) in [5.41, 5.74) is 0. The van der Waals surface area contributed by atoms with Crippen LogP contribution in [0.2, 0.25) is 0 Å². The SMILES string of the molecule is CCC/C=C\CCCCCCCC(=O)OCC(COC(=O)CCCCCCCCCCC/C=C\C/C=C\CCCCCCC)OC(=O)CCCCCCCCCCC/C=C\CCCCCCCCCC. The number of hydrogen-bond donors (Lipinski definition) is 0. The maximum atomic E-state index is 12.9. The van der Waals surface area contributed by atoms with E-state index < -0.39 is 6.10 Å². The molecule has 0 aromatic heterocycles. The minimum absolute atomic E-state index is 0.0771. The van der Waals surface area contributed by atoms with Crippen molar-refractivity contribution in [1.29, 1.82) is 0 Å². The predicted molar refractivity (Wildman–Crippen MR) is 302 cm³/mol. The first kappa shape index (κ1) is 67.4. The maximum Gasteiger partial charge on any atom is 0.306 e. The Morgan fingerprint density at radius 3 is 0.857 bits per heavy atom. The highest BCUT2D eigenvalue weighted by molar-refractivity contribution is 5.71. The highest BCUT2D eigenvalue weighted by atomic mass is 16.6. The summed E-state index contributed by atoms with van der Waals surface area (Å²) in [5.74, 6) is -0.879. The molecule has 0 spiro atoms. The molecule has 1 unspecified atom stereocenters. The largest absolute Gasteiger partial charge is 0.462 e. The van der Waals surface area contributed by atoms with Gasteiger partial charge in [-0.3, -0.25) is 14.4 Å². The van der Waals surface area contributed by atoms with Gasteiger partial charge in [-0.1, -0.05) is 256 Å². The lowest BCUT2D eigenvalue weighted by Crippen LogP contribution is -2.30. The highest BCUT2D eigenvalue weighted by Crippen LogP contribution is 2.16. The number of ether oxygens (including phenoxy) is 3. The van der Waals surface area contributed by atoms with Crippen LogP contribution in [-0.2, 0) is 28.6 Å². The van der Waals surface area contributed by atoms with Crippen molar-refractivity contribution >= 4 is 17.9 Å². The van der Waals surface area contributed by atoms with Gasteiger partial charge in [0.05, 0.1) is 0 Å². The summed E-state index contributed by atoms with van der Waals surface area (Å²) in [7, 11) is 0. The summed E-state index contributed by atoms with van der Waals surface area (Å²) >= 11 is 0. The van der Waals surface area contributed by atoms with Gasteiger partial charge < -0.3 is 14.2 Å². The first-order chi connectivity index (χ1) is 34.5. The summed E-state index contributed by atoms with van der Waals surface area (Å²) in [6, 6.07) is 0. The standard InChI is InChI=1S/C64H116O6/c1-4-7-10-13-16-19-22-24-26-28-30-32-34-36-38-40-42-45-48-51-54-57-63(66)69-60-61(59-68-62(65)56-53-50-47-44-21-18-15-12-9-6-3)70-64(67)58-55-52-49-46-43-41-39-37-35-33-31-29-27-25-23-20-17-14-11-8-5-2/h12,15,22,24,28-31,61H,4-11,13-14,16-21,23,25-27,32-60H2,1-3H3/b15-12-,24-22-,30-28-,31-29-. The van der Waals surface area contributed by atoms with Gasteiger partial charge in [0.2, 0.25) is 0 Å². The van der Waals surface area contributed by atoms with Crippen molar-refractivity contribution < 1.29 is 28.6 Å². The van der Waals surface area contributed by atoms with Crippen molar-refractivity contribution in [3.63, 3.8) is 0 Å². The van der Waals surface area contributed by atoms with Gasteiger partial charge in [-0.05, 0) is 96.3 Å². The van der Waals surface area contributed by atoms with E-state index in [9.17, 15) is 14.4 Å². The number of carbonyl (C=O) groups is 3. The van der Waals surface area contributed by atoms with Crippen LogP contribution >= 0.6 is 0 Å². The highest BCUT2D eigenvalue weighted by Gasteiger charge is 2.19. The molecular formula is C64H116O6. The molecule has 0 bridgehead atoms. The normalized spacial score (nSPS) is 12.3. The van der Waals surface area contributed by atoms with Gasteiger partial charge in [-0.15, -0.1) is 0 Å². The van der Waals surface area contributed by atoms with Gasteiger partial charge in [0, 0.05) is 19.3 Å². The van der Waals surface area contributed by atoms with Crippen LogP contribution < -0.4 is 0 Å². The quantitative estimate of drug-likeness (QED) is 0.0261. The number of carbonyl (C=O) groups excluding carboxylic acids is 3. The van der Waals surface area contributed by atoms with Gasteiger partial charge in [0.15, 0.2) is 6.10 Å². The summed E-state index contributed by atoms with van der Waals surface area (Å²) in [4.78, 5) is 38.1. The first-order valence-corrected chi connectivity index (χ1v) is 30.6. The molecule has 6 heteroatoms. The molecule has 0 aliphatic rings. The van der Waals surface area contributed by atoms with Crippen LogP contribution in [0, 0.1) is 0 Å². The molecule has 0 fully saturated rings. The van der Waals surface area contributed by atoms with Crippen molar-refractivity contribution in [2.24, 2.45) is 0 Å². The molecule has 1 atom stereocenters. The van der Waals surface area contributed by atoms with E-state index in [1.54, 1.807) is 0 Å². The third kappa shape index (κ3) is 56.3. The minimum Gasteiger partial charge on any atom is -0.462 e. The van der Waals surface area contributed by atoms with Gasteiger partial charge in [0.25, 0.3) is 0 Å². The van der Waals surface area contributed by atoms with Crippen molar-refractivity contribution in [2.75, 3.05) is 13.2 Å². The molecule has 0 aliphatic carbocycles. The summed E-state index contributed by atoms with van der Waals surface area (Å²) in [6.45, 7) is 6.59. The second-order valence-electron chi connectivity index (χ2n) is 20.6. The molecule has 0 saturated heterocycles. The Morgan fingerprint density at radius 1 is 0.286 bits per heavy atom. The summed E-state index contributed by atoms with van der Waals surface area (Å²) in [5, 5.41) is 0. The van der Waals surface area contributed by atoms with Gasteiger partial charge in [0.1, 0.15) is 13.2 Å². The van der Waals surface area contributed by atoms with Gasteiger partial charge in [-0.25, -0.2) is 0 Å². The monoisotopic (exact) mass is 981 g/mol. The van der Waals surface area contributed by atoms with Gasteiger partial charge in [-0.2, -0.15) is 0 Å². The summed E-state index contributed by atoms with van der Waals surface area (Å²) < 4.78 is 16.9. The van der Waals surface area contributed by atoms with E-state index in [0.717, 1.165) is 77.0 Å². The summed E-state index contributed by atoms with van der Waals surface area (Å²) in [6.07, 6.45) is 72.6. The molecule has 0 aliphatic heterocycles. The lowest BCUT2D eigenvalue weighted by Gasteiger charge is -2.18. The fourth-order valence-electron chi connectivity index (χ4n) is 8.88. The van der Waals surface area contributed by atoms with Crippen molar-refractivity contribution in [3.05, 3.63) is 48.6 Å². The zero-order chi connectivity index (χ0) is 50.7. The van der Waals surface area contributed by atoms with E-state index in [1.807, 2.05) is 0 Å². The second-order valence-corrected chi connectivity index (χ2v) is 20.6. The van der Waals surface area contributed by atoms with E-state index in [1.165, 1.54) is 205 Å².